The number of rotatable bonds is 1. The number of aromatic nitrogens is 3. The lowest BCUT2D eigenvalue weighted by Gasteiger charge is -2.17. The lowest BCUT2D eigenvalue weighted by molar-refractivity contribution is 0.411. The Balaban J connectivity index is 1.68. The molecule has 6 heteroatoms. The van der Waals surface area contributed by atoms with E-state index in [2.05, 4.69) is 27.1 Å². The fraction of sp³-hybridized carbons (Fsp3) is 0.462. The second-order valence-corrected chi connectivity index (χ2v) is 6.16. The van der Waals surface area contributed by atoms with Gasteiger partial charge in [-0.15, -0.1) is 5.10 Å². The van der Waals surface area contributed by atoms with E-state index in [9.17, 15) is 4.79 Å². The van der Waals surface area contributed by atoms with Crippen LogP contribution in [-0.4, -0.2) is 27.7 Å². The molecule has 2 unspecified atom stereocenters. The van der Waals surface area contributed by atoms with Crippen LogP contribution in [0.2, 0.25) is 0 Å². The van der Waals surface area contributed by atoms with Crippen molar-refractivity contribution in [3.8, 4) is 0 Å². The van der Waals surface area contributed by atoms with Gasteiger partial charge in [0, 0.05) is 25.4 Å². The molecule has 4 rings (SSSR count). The van der Waals surface area contributed by atoms with Crippen LogP contribution < -0.4 is 10.5 Å². The van der Waals surface area contributed by atoms with Crippen LogP contribution in [0.15, 0.2) is 29.2 Å². The number of hydrogen-bond donors (Lipinski definition) is 0. The molecule has 1 saturated heterocycles. The molecule has 19 heavy (non-hydrogen) atoms. The van der Waals surface area contributed by atoms with Crippen LogP contribution in [0.5, 0.6) is 0 Å². The summed E-state index contributed by atoms with van der Waals surface area (Å²) in [4.78, 5) is 18.9. The maximum atomic E-state index is 11.7. The molecule has 2 aromatic rings. The van der Waals surface area contributed by atoms with Crippen LogP contribution in [0, 0.1) is 11.8 Å². The first-order valence-electron chi connectivity index (χ1n) is 6.56. The summed E-state index contributed by atoms with van der Waals surface area (Å²) in [6.07, 6.45) is 8.46. The summed E-state index contributed by atoms with van der Waals surface area (Å²) in [6, 6.07) is 1.45. The zero-order valence-corrected chi connectivity index (χ0v) is 11.2. The first-order valence-corrected chi connectivity index (χ1v) is 7.38. The van der Waals surface area contributed by atoms with Gasteiger partial charge >= 0.3 is 0 Å². The monoisotopic (exact) mass is 274 g/mol. The summed E-state index contributed by atoms with van der Waals surface area (Å²) in [7, 11) is 0. The summed E-state index contributed by atoms with van der Waals surface area (Å²) in [5.74, 6) is 1.48. The number of fused-ring (bicyclic) bond motifs is 2. The molecule has 0 N–H and O–H groups in total. The first kappa shape index (κ1) is 11.2. The number of nitrogens with zero attached hydrogens (tertiary/aromatic N) is 4. The zero-order chi connectivity index (χ0) is 12.8. The third kappa shape index (κ3) is 1.78. The zero-order valence-electron chi connectivity index (χ0n) is 10.4. The van der Waals surface area contributed by atoms with Crippen LogP contribution in [0.1, 0.15) is 12.8 Å². The Hall–Kier alpha value is -1.69. The predicted molar refractivity (Wildman–Crippen MR) is 74.7 cm³/mol. The van der Waals surface area contributed by atoms with Crippen molar-refractivity contribution in [1.29, 1.82) is 0 Å². The molecule has 2 aromatic heterocycles. The van der Waals surface area contributed by atoms with Gasteiger partial charge in [0.1, 0.15) is 0 Å². The lowest BCUT2D eigenvalue weighted by atomic mass is 9.86. The molecule has 98 valence electrons. The maximum absolute atomic E-state index is 11.7. The topological polar surface area (TPSA) is 50.5 Å². The molecule has 5 nitrogen and oxygen atoms in total. The van der Waals surface area contributed by atoms with Gasteiger partial charge in [-0.1, -0.05) is 23.5 Å². The Bertz CT molecular complexity index is 688. The molecule has 1 aliphatic carbocycles. The van der Waals surface area contributed by atoms with Crippen LogP contribution in [0.4, 0.5) is 5.13 Å². The molecule has 1 aliphatic heterocycles. The van der Waals surface area contributed by atoms with Crippen molar-refractivity contribution in [2.75, 3.05) is 18.0 Å². The van der Waals surface area contributed by atoms with Crippen LogP contribution in [-0.2, 0) is 0 Å². The third-order valence-electron chi connectivity index (χ3n) is 4.05. The van der Waals surface area contributed by atoms with Crippen molar-refractivity contribution in [2.24, 2.45) is 11.8 Å². The van der Waals surface area contributed by atoms with Crippen LogP contribution in [0.25, 0.3) is 4.96 Å². The van der Waals surface area contributed by atoms with Crippen LogP contribution in [0.3, 0.4) is 0 Å². The molecule has 0 amide bonds. The van der Waals surface area contributed by atoms with Crippen molar-refractivity contribution in [2.45, 2.75) is 12.8 Å². The van der Waals surface area contributed by atoms with E-state index < -0.39 is 0 Å². The second kappa shape index (κ2) is 4.16. The van der Waals surface area contributed by atoms with Crippen molar-refractivity contribution < 1.29 is 0 Å². The minimum absolute atomic E-state index is 0.106. The standard InChI is InChI=1S/C13H14N4OS/c18-11-5-6-14-12-17(11)15-13(19-12)16-7-9-3-1-2-4-10(9)8-16/h1-2,5-6,9-10H,3-4,7-8H2. The van der Waals surface area contributed by atoms with Crippen molar-refractivity contribution in [1.82, 2.24) is 14.6 Å². The molecule has 3 heterocycles. The molecule has 0 radical (unpaired) electrons. The van der Waals surface area contributed by atoms with Crippen molar-refractivity contribution in [3.05, 3.63) is 34.8 Å². The fourth-order valence-electron chi connectivity index (χ4n) is 3.03. The first-order chi connectivity index (χ1) is 9.31. The lowest BCUT2D eigenvalue weighted by Crippen LogP contribution is -2.20. The Kier molecular flexibility index (Phi) is 2.44. The highest BCUT2D eigenvalue weighted by Gasteiger charge is 2.34. The Morgan fingerprint density at radius 1 is 1.21 bits per heavy atom. The summed E-state index contributed by atoms with van der Waals surface area (Å²) >= 11 is 1.50. The second-order valence-electron chi connectivity index (χ2n) is 5.23. The quantitative estimate of drug-likeness (QED) is 0.740. The highest BCUT2D eigenvalue weighted by molar-refractivity contribution is 7.20. The molecule has 0 aromatic carbocycles. The normalized spacial score (nSPS) is 26.0. The van der Waals surface area contributed by atoms with Gasteiger partial charge in [0.05, 0.1) is 0 Å². The average molecular weight is 274 g/mol. The van der Waals surface area contributed by atoms with Gasteiger partial charge in [0.25, 0.3) is 5.56 Å². The van der Waals surface area contributed by atoms with E-state index >= 15 is 0 Å². The molecular weight excluding hydrogens is 260 g/mol. The number of allylic oxidation sites excluding steroid dienone is 2. The average Bonchev–Trinajstić information content (AvgIpc) is 3.02. The van der Waals surface area contributed by atoms with Crippen LogP contribution >= 0.6 is 11.3 Å². The summed E-state index contributed by atoms with van der Waals surface area (Å²) in [5, 5.41) is 5.34. The van der Waals surface area contributed by atoms with E-state index in [1.54, 1.807) is 6.20 Å². The summed E-state index contributed by atoms with van der Waals surface area (Å²) in [6.45, 7) is 2.09. The maximum Gasteiger partial charge on any atom is 0.275 e. The van der Waals surface area contributed by atoms with Gasteiger partial charge in [0.2, 0.25) is 10.1 Å². The fourth-order valence-corrected chi connectivity index (χ4v) is 3.93. The van der Waals surface area contributed by atoms with E-state index in [1.807, 2.05) is 0 Å². The van der Waals surface area contributed by atoms with Gasteiger partial charge in [-0.25, -0.2) is 4.98 Å². The molecule has 0 spiro atoms. The van der Waals surface area contributed by atoms with Crippen molar-refractivity contribution in [3.63, 3.8) is 0 Å². The third-order valence-corrected chi connectivity index (χ3v) is 5.03. The SMILES string of the molecule is O=c1ccnc2sc(N3CC4CC=CCC4C3)nn12. The molecule has 0 saturated carbocycles. The van der Waals surface area contributed by atoms with E-state index in [4.69, 9.17) is 0 Å². The minimum Gasteiger partial charge on any atom is -0.346 e. The van der Waals surface area contributed by atoms with Gasteiger partial charge in [-0.3, -0.25) is 4.79 Å². The largest absolute Gasteiger partial charge is 0.346 e. The van der Waals surface area contributed by atoms with Gasteiger partial charge in [-0.2, -0.15) is 4.52 Å². The Morgan fingerprint density at radius 3 is 2.63 bits per heavy atom. The molecule has 2 aliphatic rings. The highest BCUT2D eigenvalue weighted by Crippen LogP contribution is 2.36. The Morgan fingerprint density at radius 2 is 1.95 bits per heavy atom. The van der Waals surface area contributed by atoms with E-state index in [0.29, 0.717) is 4.96 Å². The molecule has 1 fully saturated rings. The van der Waals surface area contributed by atoms with Gasteiger partial charge in [-0.05, 0) is 24.7 Å². The molecule has 2 atom stereocenters. The summed E-state index contributed by atoms with van der Waals surface area (Å²) < 4.78 is 1.40. The van der Waals surface area contributed by atoms with E-state index in [1.165, 1.54) is 34.8 Å². The van der Waals surface area contributed by atoms with Crippen molar-refractivity contribution >= 4 is 21.4 Å². The van der Waals surface area contributed by atoms with Gasteiger partial charge in [0.15, 0.2) is 0 Å². The smallest absolute Gasteiger partial charge is 0.275 e. The number of hydrogen-bond acceptors (Lipinski definition) is 5. The Labute approximate surface area is 114 Å². The summed E-state index contributed by atoms with van der Waals surface area (Å²) in [5.41, 5.74) is -0.106. The minimum atomic E-state index is -0.106. The molecule has 0 bridgehead atoms. The molecular formula is C13H14N4OS. The number of anilines is 1. The highest BCUT2D eigenvalue weighted by atomic mass is 32.1. The van der Waals surface area contributed by atoms with Gasteiger partial charge < -0.3 is 4.90 Å². The predicted octanol–water partition coefficient (Wildman–Crippen LogP) is 1.55. The van der Waals surface area contributed by atoms with E-state index in [0.717, 1.165) is 30.1 Å². The van der Waals surface area contributed by atoms with E-state index in [-0.39, 0.29) is 5.56 Å².